The van der Waals surface area contributed by atoms with E-state index in [1.807, 2.05) is 11.3 Å². The molecule has 0 radical (unpaired) electrons. The molecule has 2 heterocycles. The van der Waals surface area contributed by atoms with E-state index in [1.165, 1.54) is 9.75 Å². The van der Waals surface area contributed by atoms with Crippen LogP contribution in [-0.4, -0.2) is 22.3 Å². The van der Waals surface area contributed by atoms with Gasteiger partial charge in [0.1, 0.15) is 0 Å². The Hall–Kier alpha value is -0.190. The molecule has 0 spiro atoms. The first kappa shape index (κ1) is 10.3. The van der Waals surface area contributed by atoms with Crippen LogP contribution in [0.3, 0.4) is 0 Å². The molecular weight excluding hydrogens is 214 g/mol. The van der Waals surface area contributed by atoms with Crippen molar-refractivity contribution >= 4 is 22.1 Å². The van der Waals surface area contributed by atoms with E-state index in [0.29, 0.717) is 6.04 Å². The minimum Gasteiger partial charge on any atom is -0.308 e. The second kappa shape index (κ2) is 4.55. The number of thiophene rings is 1. The van der Waals surface area contributed by atoms with Gasteiger partial charge in [-0.3, -0.25) is 4.21 Å². The molecule has 0 saturated carbocycles. The summed E-state index contributed by atoms with van der Waals surface area (Å²) in [4.78, 5) is 2.66. The van der Waals surface area contributed by atoms with Crippen LogP contribution < -0.4 is 5.32 Å². The normalized spacial score (nSPS) is 28.6. The van der Waals surface area contributed by atoms with E-state index >= 15 is 0 Å². The van der Waals surface area contributed by atoms with Gasteiger partial charge < -0.3 is 5.32 Å². The minimum atomic E-state index is -0.635. The van der Waals surface area contributed by atoms with Gasteiger partial charge in [0.2, 0.25) is 0 Å². The van der Waals surface area contributed by atoms with Crippen LogP contribution in [-0.2, 0) is 10.8 Å². The van der Waals surface area contributed by atoms with E-state index < -0.39 is 10.8 Å². The molecule has 1 aliphatic heterocycles. The van der Waals surface area contributed by atoms with Crippen molar-refractivity contribution in [2.45, 2.75) is 19.4 Å². The third-order valence-corrected chi connectivity index (χ3v) is 4.96. The van der Waals surface area contributed by atoms with Gasteiger partial charge in [-0.25, -0.2) is 0 Å². The summed E-state index contributed by atoms with van der Waals surface area (Å²) in [7, 11) is -0.635. The number of aryl methyl sites for hydroxylation is 1. The van der Waals surface area contributed by atoms with E-state index in [2.05, 4.69) is 24.4 Å². The van der Waals surface area contributed by atoms with Crippen LogP contribution in [0.4, 0.5) is 0 Å². The van der Waals surface area contributed by atoms with Gasteiger partial charge in [0, 0.05) is 32.1 Å². The Morgan fingerprint density at radius 2 is 2.43 bits per heavy atom. The van der Waals surface area contributed by atoms with Gasteiger partial charge >= 0.3 is 0 Å². The van der Waals surface area contributed by atoms with Gasteiger partial charge in [-0.15, -0.1) is 11.3 Å². The van der Waals surface area contributed by atoms with E-state index in [1.54, 1.807) is 0 Å². The van der Waals surface area contributed by atoms with Crippen molar-refractivity contribution in [2.75, 3.05) is 18.1 Å². The summed E-state index contributed by atoms with van der Waals surface area (Å²) in [6.07, 6.45) is 1.04. The van der Waals surface area contributed by atoms with E-state index in [4.69, 9.17) is 0 Å². The molecule has 0 aliphatic carbocycles. The smallest absolute Gasteiger partial charge is 0.0531 e. The first-order valence-corrected chi connectivity index (χ1v) is 7.21. The molecule has 1 aromatic rings. The number of nitrogens with one attached hydrogen (secondary N) is 1. The third-order valence-electron chi connectivity index (χ3n) is 2.40. The number of hydrogen-bond donors (Lipinski definition) is 1. The minimum absolute atomic E-state index is 0.317. The van der Waals surface area contributed by atoms with Crippen LogP contribution in [0.5, 0.6) is 0 Å². The lowest BCUT2D eigenvalue weighted by Gasteiger charge is -2.12. The topological polar surface area (TPSA) is 29.1 Å². The molecule has 2 unspecified atom stereocenters. The van der Waals surface area contributed by atoms with Gasteiger partial charge in [0.05, 0.1) is 6.04 Å². The lowest BCUT2D eigenvalue weighted by atomic mass is 10.2. The molecule has 2 atom stereocenters. The standard InChI is InChI=1S/C10H15NOS2/c1-8-3-4-10(13-8)9-7-14(12)6-2-5-11-9/h3-4,9,11H,2,5-7H2,1H3. The number of rotatable bonds is 1. The van der Waals surface area contributed by atoms with Crippen molar-refractivity contribution in [3.63, 3.8) is 0 Å². The molecule has 14 heavy (non-hydrogen) atoms. The fourth-order valence-electron chi connectivity index (χ4n) is 1.66. The van der Waals surface area contributed by atoms with Crippen molar-refractivity contribution in [3.8, 4) is 0 Å². The SMILES string of the molecule is Cc1ccc(C2CS(=O)CCCN2)s1. The number of hydrogen-bond acceptors (Lipinski definition) is 3. The Bertz CT molecular complexity index is 335. The summed E-state index contributed by atoms with van der Waals surface area (Å²) in [5, 5.41) is 3.46. The first-order valence-electron chi connectivity index (χ1n) is 4.90. The molecule has 1 N–H and O–H groups in total. The summed E-state index contributed by atoms with van der Waals surface area (Å²) < 4.78 is 11.5. The Labute approximate surface area is 91.2 Å². The molecule has 1 aliphatic rings. The molecular formula is C10H15NOS2. The van der Waals surface area contributed by atoms with Crippen LogP contribution in [0.2, 0.25) is 0 Å². The van der Waals surface area contributed by atoms with Crippen LogP contribution in [0, 0.1) is 6.92 Å². The van der Waals surface area contributed by atoms with E-state index in [-0.39, 0.29) is 0 Å². The monoisotopic (exact) mass is 229 g/mol. The van der Waals surface area contributed by atoms with Crippen LogP contribution in [0.25, 0.3) is 0 Å². The summed E-state index contributed by atoms with van der Waals surface area (Å²) in [5.41, 5.74) is 0. The second-order valence-corrected chi connectivity index (χ2v) is 6.56. The van der Waals surface area contributed by atoms with Crippen molar-refractivity contribution in [1.29, 1.82) is 0 Å². The lowest BCUT2D eigenvalue weighted by molar-refractivity contribution is 0.595. The maximum Gasteiger partial charge on any atom is 0.0531 e. The van der Waals surface area contributed by atoms with Crippen LogP contribution in [0.15, 0.2) is 12.1 Å². The molecule has 78 valence electrons. The van der Waals surface area contributed by atoms with Gasteiger partial charge in [-0.1, -0.05) is 0 Å². The highest BCUT2D eigenvalue weighted by molar-refractivity contribution is 7.85. The predicted octanol–water partition coefficient (Wildman–Crippen LogP) is 1.84. The Morgan fingerprint density at radius 3 is 3.14 bits per heavy atom. The summed E-state index contributed by atoms with van der Waals surface area (Å²) in [6.45, 7) is 3.11. The van der Waals surface area contributed by atoms with Crippen molar-refractivity contribution < 1.29 is 4.21 Å². The third kappa shape index (κ3) is 2.43. The molecule has 0 amide bonds. The Morgan fingerprint density at radius 1 is 1.57 bits per heavy atom. The highest BCUT2D eigenvalue weighted by atomic mass is 32.2. The molecule has 2 rings (SSSR count). The quantitative estimate of drug-likeness (QED) is 0.796. The maximum atomic E-state index is 11.5. The van der Waals surface area contributed by atoms with Crippen LogP contribution in [0.1, 0.15) is 22.2 Å². The van der Waals surface area contributed by atoms with Gasteiger partial charge in [-0.05, 0) is 32.0 Å². The fourth-order valence-corrected chi connectivity index (χ4v) is 4.02. The molecule has 0 aromatic carbocycles. The lowest BCUT2D eigenvalue weighted by Crippen LogP contribution is -2.22. The van der Waals surface area contributed by atoms with Gasteiger partial charge in [0.15, 0.2) is 0 Å². The average Bonchev–Trinajstić information content (AvgIpc) is 2.45. The molecule has 2 nitrogen and oxygen atoms in total. The van der Waals surface area contributed by atoms with Crippen molar-refractivity contribution in [3.05, 3.63) is 21.9 Å². The maximum absolute atomic E-state index is 11.5. The Kier molecular flexibility index (Phi) is 3.36. The summed E-state index contributed by atoms with van der Waals surface area (Å²) >= 11 is 1.81. The van der Waals surface area contributed by atoms with E-state index in [0.717, 1.165) is 24.5 Å². The van der Waals surface area contributed by atoms with Crippen LogP contribution >= 0.6 is 11.3 Å². The van der Waals surface area contributed by atoms with Gasteiger partial charge in [0.25, 0.3) is 0 Å². The van der Waals surface area contributed by atoms with Gasteiger partial charge in [-0.2, -0.15) is 0 Å². The second-order valence-electron chi connectivity index (χ2n) is 3.62. The average molecular weight is 229 g/mol. The highest BCUT2D eigenvalue weighted by Crippen LogP contribution is 2.24. The highest BCUT2D eigenvalue weighted by Gasteiger charge is 2.18. The zero-order chi connectivity index (χ0) is 9.97. The molecule has 4 heteroatoms. The largest absolute Gasteiger partial charge is 0.308 e. The molecule has 1 aromatic heterocycles. The first-order chi connectivity index (χ1) is 6.75. The fraction of sp³-hybridized carbons (Fsp3) is 0.600. The molecule has 0 bridgehead atoms. The predicted molar refractivity (Wildman–Crippen MR) is 62.3 cm³/mol. The summed E-state index contributed by atoms with van der Waals surface area (Å²) in [5.74, 6) is 1.63. The van der Waals surface area contributed by atoms with Crippen molar-refractivity contribution in [2.24, 2.45) is 0 Å². The molecule has 1 saturated heterocycles. The summed E-state index contributed by atoms with van der Waals surface area (Å²) in [6, 6.07) is 4.60. The Balaban J connectivity index is 2.12. The zero-order valence-corrected chi connectivity index (χ0v) is 9.92. The van der Waals surface area contributed by atoms with E-state index in [9.17, 15) is 4.21 Å². The zero-order valence-electron chi connectivity index (χ0n) is 8.29. The van der Waals surface area contributed by atoms with Crippen molar-refractivity contribution in [1.82, 2.24) is 5.32 Å². The molecule has 1 fully saturated rings.